The molecule has 1 aliphatic rings. The van der Waals surface area contributed by atoms with E-state index in [9.17, 15) is 9.59 Å². The Kier molecular flexibility index (Phi) is 2.18. The first-order valence-electron chi connectivity index (χ1n) is 4.93. The van der Waals surface area contributed by atoms with Gasteiger partial charge in [0.15, 0.2) is 11.5 Å². The molecule has 2 rings (SSSR count). The number of nitrogens with zero attached hydrogens (tertiary/aromatic N) is 2. The number of carbonyl (C=O) groups is 2. The molecule has 0 bridgehead atoms. The summed E-state index contributed by atoms with van der Waals surface area (Å²) in [5.41, 5.74) is 5.05. The van der Waals surface area contributed by atoms with Gasteiger partial charge in [0.1, 0.15) is 0 Å². The Balaban J connectivity index is 2.07. The number of aromatic nitrogens is 3. The summed E-state index contributed by atoms with van der Waals surface area (Å²) < 4.78 is 0. The quantitative estimate of drug-likeness (QED) is 0.663. The maximum atomic E-state index is 11.7. The molecule has 1 atom stereocenters. The lowest BCUT2D eigenvalue weighted by molar-refractivity contribution is -0.118. The van der Waals surface area contributed by atoms with E-state index in [1.807, 2.05) is 13.8 Å². The van der Waals surface area contributed by atoms with Gasteiger partial charge in [0.05, 0.1) is 0 Å². The van der Waals surface area contributed by atoms with Gasteiger partial charge in [0.25, 0.3) is 5.91 Å². The van der Waals surface area contributed by atoms with Gasteiger partial charge < -0.3 is 11.1 Å². The van der Waals surface area contributed by atoms with Crippen LogP contribution in [-0.4, -0.2) is 27.2 Å². The molecule has 0 aromatic carbocycles. The molecule has 7 nitrogen and oxygen atoms in total. The van der Waals surface area contributed by atoms with Gasteiger partial charge in [-0.15, -0.1) is 10.2 Å². The van der Waals surface area contributed by atoms with E-state index in [4.69, 9.17) is 5.73 Å². The molecule has 0 radical (unpaired) electrons. The summed E-state index contributed by atoms with van der Waals surface area (Å²) in [7, 11) is 0. The maximum Gasteiger partial charge on any atom is 0.273 e. The minimum atomic E-state index is -0.723. The Bertz CT molecular complexity index is 451. The second kappa shape index (κ2) is 3.29. The van der Waals surface area contributed by atoms with Crippen molar-refractivity contribution in [3.8, 4) is 0 Å². The minimum absolute atomic E-state index is 0.0285. The Hall–Kier alpha value is -1.92. The average Bonchev–Trinajstić information content (AvgIpc) is 2.61. The van der Waals surface area contributed by atoms with Gasteiger partial charge in [-0.3, -0.25) is 9.59 Å². The first-order valence-corrected chi connectivity index (χ1v) is 4.93. The van der Waals surface area contributed by atoms with Crippen LogP contribution in [0.5, 0.6) is 0 Å². The average molecular weight is 223 g/mol. The second-order valence-electron chi connectivity index (χ2n) is 4.62. The van der Waals surface area contributed by atoms with E-state index in [0.29, 0.717) is 0 Å². The number of primary amides is 1. The molecule has 1 heterocycles. The Morgan fingerprint density at radius 1 is 1.50 bits per heavy atom. The van der Waals surface area contributed by atoms with E-state index in [1.54, 1.807) is 0 Å². The van der Waals surface area contributed by atoms with Gasteiger partial charge in [-0.05, 0) is 11.8 Å². The number of anilines is 1. The molecule has 1 aromatic heterocycles. The molecule has 16 heavy (non-hydrogen) atoms. The Morgan fingerprint density at radius 2 is 2.12 bits per heavy atom. The molecule has 1 fully saturated rings. The molecule has 1 aromatic rings. The number of hydrogen-bond acceptors (Lipinski definition) is 4. The first-order chi connectivity index (χ1) is 7.42. The molecule has 0 saturated heterocycles. The minimum Gasteiger partial charge on any atom is -0.364 e. The summed E-state index contributed by atoms with van der Waals surface area (Å²) in [5, 5.41) is 12.0. The predicted molar refractivity (Wildman–Crippen MR) is 55.4 cm³/mol. The van der Waals surface area contributed by atoms with E-state index >= 15 is 0 Å². The third-order valence-corrected chi connectivity index (χ3v) is 2.85. The van der Waals surface area contributed by atoms with Crippen LogP contribution in [0, 0.1) is 11.3 Å². The van der Waals surface area contributed by atoms with Crippen molar-refractivity contribution in [3.63, 3.8) is 0 Å². The summed E-state index contributed by atoms with van der Waals surface area (Å²) in [6.07, 6.45) is 0.836. The topological polar surface area (TPSA) is 114 Å². The van der Waals surface area contributed by atoms with E-state index in [-0.39, 0.29) is 28.8 Å². The summed E-state index contributed by atoms with van der Waals surface area (Å²) in [6.45, 7) is 4.02. The molecular formula is C9H13N5O2. The fourth-order valence-corrected chi connectivity index (χ4v) is 1.61. The zero-order chi connectivity index (χ0) is 11.9. The van der Waals surface area contributed by atoms with Gasteiger partial charge in [0.2, 0.25) is 5.91 Å². The predicted octanol–water partition coefficient (Wildman–Crippen LogP) is -0.112. The highest BCUT2D eigenvalue weighted by atomic mass is 16.2. The van der Waals surface area contributed by atoms with Crippen LogP contribution in [0.4, 0.5) is 5.82 Å². The van der Waals surface area contributed by atoms with E-state index < -0.39 is 5.91 Å². The van der Waals surface area contributed by atoms with E-state index in [2.05, 4.69) is 20.7 Å². The third-order valence-electron chi connectivity index (χ3n) is 2.85. The number of hydrogen-bond donors (Lipinski definition) is 3. The summed E-state index contributed by atoms with van der Waals surface area (Å²) in [5.74, 6) is -0.814. The van der Waals surface area contributed by atoms with Crippen LogP contribution in [-0.2, 0) is 4.79 Å². The smallest absolute Gasteiger partial charge is 0.273 e. The fourth-order valence-electron chi connectivity index (χ4n) is 1.61. The standard InChI is InChI=1S/C9H13N5O2/c1-9(2)3-4(9)8(16)11-7-5(6(10)15)12-14-13-7/h4H,3H2,1-2H3,(H2,10,15)(H2,11,12,13,14,16)/t4-/m1/s1. The van der Waals surface area contributed by atoms with E-state index in [0.717, 1.165) is 6.42 Å². The van der Waals surface area contributed by atoms with Gasteiger partial charge in [-0.1, -0.05) is 13.8 Å². The van der Waals surface area contributed by atoms with Crippen LogP contribution in [0.25, 0.3) is 0 Å². The number of carbonyl (C=O) groups excluding carboxylic acids is 2. The number of H-pyrrole nitrogens is 1. The second-order valence-corrected chi connectivity index (χ2v) is 4.62. The monoisotopic (exact) mass is 223 g/mol. The van der Waals surface area contributed by atoms with Crippen LogP contribution in [0.3, 0.4) is 0 Å². The van der Waals surface area contributed by atoms with Crippen molar-refractivity contribution >= 4 is 17.6 Å². The Labute approximate surface area is 91.8 Å². The van der Waals surface area contributed by atoms with Crippen LogP contribution < -0.4 is 11.1 Å². The van der Waals surface area contributed by atoms with Crippen molar-refractivity contribution in [2.24, 2.45) is 17.1 Å². The van der Waals surface area contributed by atoms with Crippen LogP contribution >= 0.6 is 0 Å². The molecule has 2 amide bonds. The van der Waals surface area contributed by atoms with Gasteiger partial charge >= 0.3 is 0 Å². The van der Waals surface area contributed by atoms with Crippen LogP contribution in [0.2, 0.25) is 0 Å². The molecule has 1 aliphatic carbocycles. The maximum absolute atomic E-state index is 11.7. The van der Waals surface area contributed by atoms with Crippen molar-refractivity contribution in [1.82, 2.24) is 15.4 Å². The lowest BCUT2D eigenvalue weighted by Gasteiger charge is -2.03. The van der Waals surface area contributed by atoms with Gasteiger partial charge in [-0.2, -0.15) is 5.21 Å². The Morgan fingerprint density at radius 3 is 2.62 bits per heavy atom. The van der Waals surface area contributed by atoms with Crippen molar-refractivity contribution in [2.75, 3.05) is 5.32 Å². The van der Waals surface area contributed by atoms with Crippen LogP contribution in [0.1, 0.15) is 30.8 Å². The van der Waals surface area contributed by atoms with E-state index in [1.165, 1.54) is 0 Å². The highest BCUT2D eigenvalue weighted by Gasteiger charge is 2.50. The SMILES string of the molecule is CC1(C)C[C@@H]1C(=O)Nc1n[nH]nc1C(N)=O. The summed E-state index contributed by atoms with van der Waals surface area (Å²) in [6, 6.07) is 0. The molecule has 0 spiro atoms. The molecule has 86 valence electrons. The summed E-state index contributed by atoms with van der Waals surface area (Å²) in [4.78, 5) is 22.6. The lowest BCUT2D eigenvalue weighted by atomic mass is 10.1. The van der Waals surface area contributed by atoms with Gasteiger partial charge in [-0.25, -0.2) is 0 Å². The zero-order valence-electron chi connectivity index (χ0n) is 9.07. The normalized spacial score (nSPS) is 21.5. The highest BCUT2D eigenvalue weighted by Crippen LogP contribution is 2.51. The molecule has 7 heteroatoms. The molecule has 0 unspecified atom stereocenters. The molecule has 0 aliphatic heterocycles. The number of rotatable bonds is 3. The number of aromatic amines is 1. The van der Waals surface area contributed by atoms with Gasteiger partial charge in [0, 0.05) is 5.92 Å². The fraction of sp³-hybridized carbons (Fsp3) is 0.556. The molecule has 1 saturated carbocycles. The van der Waals surface area contributed by atoms with Crippen LogP contribution in [0.15, 0.2) is 0 Å². The molecular weight excluding hydrogens is 210 g/mol. The third kappa shape index (κ3) is 1.75. The zero-order valence-corrected chi connectivity index (χ0v) is 9.07. The largest absolute Gasteiger partial charge is 0.364 e. The van der Waals surface area contributed by atoms with Crippen molar-refractivity contribution in [3.05, 3.63) is 5.69 Å². The van der Waals surface area contributed by atoms with Crippen molar-refractivity contribution < 1.29 is 9.59 Å². The number of nitrogens with two attached hydrogens (primary N) is 1. The first kappa shape index (κ1) is 10.6. The number of amides is 2. The highest BCUT2D eigenvalue weighted by molar-refractivity contribution is 6.01. The molecule has 4 N–H and O–H groups in total. The van der Waals surface area contributed by atoms with Crippen molar-refractivity contribution in [1.29, 1.82) is 0 Å². The summed E-state index contributed by atoms with van der Waals surface area (Å²) >= 11 is 0. The lowest BCUT2D eigenvalue weighted by Crippen LogP contribution is -2.20. The van der Waals surface area contributed by atoms with Crippen molar-refractivity contribution in [2.45, 2.75) is 20.3 Å². The number of nitrogens with one attached hydrogen (secondary N) is 2.